The Kier molecular flexibility index (Phi) is 6.35. The number of aromatic nitrogens is 1. The standard InChI is InChI=1S/C16H25ClN4O2/c1-11-9-21(7-6-20(11)10-12(2)22)13(3)16(23)19-15-5-4-14(17)8-18-15/h4-5,8,11-13,22H,6-7,9-10H2,1-3H3,(H,18,19,23)/t11-,12+,13+/m1/s1. The van der Waals surface area contributed by atoms with Gasteiger partial charge in [-0.1, -0.05) is 11.6 Å². The molecule has 6 nitrogen and oxygen atoms in total. The molecule has 0 bridgehead atoms. The third-order valence-electron chi connectivity index (χ3n) is 4.20. The van der Waals surface area contributed by atoms with Gasteiger partial charge in [-0.25, -0.2) is 4.98 Å². The van der Waals surface area contributed by atoms with Crippen LogP contribution in [0.15, 0.2) is 18.3 Å². The predicted molar refractivity (Wildman–Crippen MR) is 91.6 cm³/mol. The molecular weight excluding hydrogens is 316 g/mol. The molecule has 2 heterocycles. The molecule has 23 heavy (non-hydrogen) atoms. The van der Waals surface area contributed by atoms with E-state index in [1.807, 2.05) is 6.92 Å². The van der Waals surface area contributed by atoms with E-state index in [1.54, 1.807) is 19.1 Å². The van der Waals surface area contributed by atoms with E-state index in [9.17, 15) is 9.90 Å². The minimum Gasteiger partial charge on any atom is -0.392 e. The lowest BCUT2D eigenvalue weighted by Crippen LogP contribution is -2.57. The van der Waals surface area contributed by atoms with Crippen LogP contribution in [0, 0.1) is 0 Å². The summed E-state index contributed by atoms with van der Waals surface area (Å²) in [7, 11) is 0. The van der Waals surface area contributed by atoms with Crippen LogP contribution in [-0.4, -0.2) is 70.2 Å². The Labute approximate surface area is 142 Å². The molecule has 1 amide bonds. The molecular formula is C16H25ClN4O2. The molecule has 0 aliphatic carbocycles. The fourth-order valence-corrected chi connectivity index (χ4v) is 2.94. The molecule has 0 spiro atoms. The number of pyridine rings is 1. The summed E-state index contributed by atoms with van der Waals surface area (Å²) < 4.78 is 0. The van der Waals surface area contributed by atoms with Crippen molar-refractivity contribution in [2.24, 2.45) is 0 Å². The second-order valence-corrected chi connectivity index (χ2v) is 6.65. The van der Waals surface area contributed by atoms with Crippen LogP contribution in [0.5, 0.6) is 0 Å². The number of aliphatic hydroxyl groups is 1. The van der Waals surface area contributed by atoms with Crippen LogP contribution in [0.2, 0.25) is 5.02 Å². The number of anilines is 1. The van der Waals surface area contributed by atoms with Crippen molar-refractivity contribution in [2.45, 2.75) is 39.0 Å². The lowest BCUT2D eigenvalue weighted by atomic mass is 10.1. The largest absolute Gasteiger partial charge is 0.392 e. The maximum Gasteiger partial charge on any atom is 0.242 e. The van der Waals surface area contributed by atoms with E-state index in [0.717, 1.165) is 19.6 Å². The predicted octanol–water partition coefficient (Wildman–Crippen LogP) is 1.45. The number of halogens is 1. The molecule has 0 saturated carbocycles. The van der Waals surface area contributed by atoms with Gasteiger partial charge in [0.15, 0.2) is 0 Å². The minimum absolute atomic E-state index is 0.0731. The Hall–Kier alpha value is -1.21. The topological polar surface area (TPSA) is 68.7 Å². The summed E-state index contributed by atoms with van der Waals surface area (Å²) in [5, 5.41) is 12.9. The molecule has 0 aromatic carbocycles. The van der Waals surface area contributed by atoms with Crippen LogP contribution in [0.25, 0.3) is 0 Å². The molecule has 1 saturated heterocycles. The maximum absolute atomic E-state index is 12.4. The van der Waals surface area contributed by atoms with Crippen LogP contribution in [0.3, 0.4) is 0 Å². The van der Waals surface area contributed by atoms with Crippen molar-refractivity contribution in [3.05, 3.63) is 23.4 Å². The lowest BCUT2D eigenvalue weighted by molar-refractivity contribution is -0.122. The quantitative estimate of drug-likeness (QED) is 0.849. The molecule has 1 aliphatic rings. The van der Waals surface area contributed by atoms with Gasteiger partial charge in [0.25, 0.3) is 0 Å². The van der Waals surface area contributed by atoms with Crippen LogP contribution >= 0.6 is 11.6 Å². The summed E-state index contributed by atoms with van der Waals surface area (Å²) in [5.74, 6) is 0.433. The number of hydrogen-bond donors (Lipinski definition) is 2. The number of carbonyl (C=O) groups is 1. The Morgan fingerprint density at radius 2 is 2.22 bits per heavy atom. The van der Waals surface area contributed by atoms with Gasteiger partial charge in [0.1, 0.15) is 5.82 Å². The van der Waals surface area contributed by atoms with Gasteiger partial charge in [0.2, 0.25) is 5.91 Å². The van der Waals surface area contributed by atoms with Crippen LogP contribution < -0.4 is 5.32 Å². The average molecular weight is 341 g/mol. The Bertz CT molecular complexity index is 523. The van der Waals surface area contributed by atoms with Crippen LogP contribution in [0.4, 0.5) is 5.82 Å². The first-order chi connectivity index (χ1) is 10.9. The van der Waals surface area contributed by atoms with Gasteiger partial charge in [0, 0.05) is 38.4 Å². The molecule has 2 N–H and O–H groups in total. The first kappa shape index (κ1) is 18.1. The molecule has 1 aliphatic heterocycles. The smallest absolute Gasteiger partial charge is 0.242 e. The summed E-state index contributed by atoms with van der Waals surface area (Å²) in [6, 6.07) is 3.47. The van der Waals surface area contributed by atoms with Crippen molar-refractivity contribution in [2.75, 3.05) is 31.5 Å². The van der Waals surface area contributed by atoms with Crippen molar-refractivity contribution >= 4 is 23.3 Å². The molecule has 3 atom stereocenters. The van der Waals surface area contributed by atoms with Gasteiger partial charge in [-0.2, -0.15) is 0 Å². The maximum atomic E-state index is 12.4. The lowest BCUT2D eigenvalue weighted by Gasteiger charge is -2.42. The van der Waals surface area contributed by atoms with E-state index in [0.29, 0.717) is 23.4 Å². The summed E-state index contributed by atoms with van der Waals surface area (Å²) in [4.78, 5) is 20.9. The van der Waals surface area contributed by atoms with Gasteiger partial charge in [-0.15, -0.1) is 0 Å². The van der Waals surface area contributed by atoms with Crippen LogP contribution in [0.1, 0.15) is 20.8 Å². The number of nitrogens with zero attached hydrogens (tertiary/aromatic N) is 3. The van der Waals surface area contributed by atoms with Crippen molar-refractivity contribution in [1.82, 2.24) is 14.8 Å². The van der Waals surface area contributed by atoms with E-state index >= 15 is 0 Å². The fraction of sp³-hybridized carbons (Fsp3) is 0.625. The van der Waals surface area contributed by atoms with E-state index < -0.39 is 0 Å². The molecule has 0 radical (unpaired) electrons. The molecule has 128 valence electrons. The Morgan fingerprint density at radius 1 is 1.48 bits per heavy atom. The van der Waals surface area contributed by atoms with Crippen molar-refractivity contribution in [3.8, 4) is 0 Å². The highest BCUT2D eigenvalue weighted by molar-refractivity contribution is 6.30. The number of nitrogens with one attached hydrogen (secondary N) is 1. The highest BCUT2D eigenvalue weighted by atomic mass is 35.5. The van der Waals surface area contributed by atoms with Crippen LogP contribution in [-0.2, 0) is 4.79 Å². The third-order valence-corrected chi connectivity index (χ3v) is 4.42. The molecule has 1 fully saturated rings. The number of β-amino-alcohol motifs (C(OH)–C–C–N with tert-alkyl or cyclic N) is 1. The summed E-state index contributed by atoms with van der Waals surface area (Å²) in [6.45, 7) is 8.96. The number of aliphatic hydroxyl groups excluding tert-OH is 1. The van der Waals surface area contributed by atoms with Crippen molar-refractivity contribution in [1.29, 1.82) is 0 Å². The number of amides is 1. The van der Waals surface area contributed by atoms with E-state index in [-0.39, 0.29) is 18.1 Å². The highest BCUT2D eigenvalue weighted by Gasteiger charge is 2.30. The summed E-state index contributed by atoms with van der Waals surface area (Å²) in [6.07, 6.45) is 1.18. The second kappa shape index (κ2) is 8.06. The first-order valence-corrected chi connectivity index (χ1v) is 8.33. The zero-order chi connectivity index (χ0) is 17.0. The number of hydrogen-bond acceptors (Lipinski definition) is 5. The van der Waals surface area contributed by atoms with Gasteiger partial charge in [-0.05, 0) is 32.9 Å². The summed E-state index contributed by atoms with van der Waals surface area (Å²) >= 11 is 5.79. The van der Waals surface area contributed by atoms with Gasteiger partial charge in [-0.3, -0.25) is 14.6 Å². The SMILES string of the molecule is C[C@H](O)CN1CCN([C@@H](C)C(=O)Nc2ccc(Cl)cn2)C[C@H]1C. The summed E-state index contributed by atoms with van der Waals surface area (Å²) in [5.41, 5.74) is 0. The van der Waals surface area contributed by atoms with E-state index in [2.05, 4.69) is 27.0 Å². The normalized spacial score (nSPS) is 22.6. The van der Waals surface area contributed by atoms with Gasteiger partial charge < -0.3 is 10.4 Å². The Balaban J connectivity index is 1.89. The number of piperazine rings is 1. The average Bonchev–Trinajstić information content (AvgIpc) is 2.50. The minimum atomic E-state index is -0.333. The molecule has 1 aromatic heterocycles. The monoisotopic (exact) mass is 340 g/mol. The number of rotatable bonds is 5. The van der Waals surface area contributed by atoms with Crippen molar-refractivity contribution < 1.29 is 9.90 Å². The zero-order valence-electron chi connectivity index (χ0n) is 13.9. The molecule has 7 heteroatoms. The van der Waals surface area contributed by atoms with E-state index in [1.165, 1.54) is 6.20 Å². The molecule has 2 rings (SSSR count). The van der Waals surface area contributed by atoms with Gasteiger partial charge in [0.05, 0.1) is 17.2 Å². The zero-order valence-corrected chi connectivity index (χ0v) is 14.6. The molecule has 1 aromatic rings. The van der Waals surface area contributed by atoms with Crippen molar-refractivity contribution in [3.63, 3.8) is 0 Å². The fourth-order valence-electron chi connectivity index (χ4n) is 2.83. The first-order valence-electron chi connectivity index (χ1n) is 7.95. The number of carbonyl (C=O) groups excluding carboxylic acids is 1. The third kappa shape index (κ3) is 5.14. The molecule has 0 unspecified atom stereocenters. The second-order valence-electron chi connectivity index (χ2n) is 6.21. The highest BCUT2D eigenvalue weighted by Crippen LogP contribution is 2.15. The van der Waals surface area contributed by atoms with Gasteiger partial charge >= 0.3 is 0 Å². The van der Waals surface area contributed by atoms with E-state index in [4.69, 9.17) is 11.6 Å². The Morgan fingerprint density at radius 3 is 2.78 bits per heavy atom.